The van der Waals surface area contributed by atoms with Crippen LogP contribution in [0.25, 0.3) is 11.1 Å². The summed E-state index contributed by atoms with van der Waals surface area (Å²) in [7, 11) is 0. The number of carbonyl (C=O) groups is 1. The summed E-state index contributed by atoms with van der Waals surface area (Å²) in [6.45, 7) is 2.97. The predicted molar refractivity (Wildman–Crippen MR) is 130 cm³/mol. The number of pyridine rings is 1. The largest absolute Gasteiger partial charge is 0.394 e. The van der Waals surface area contributed by atoms with Crippen molar-refractivity contribution in [2.24, 2.45) is 10.9 Å². The maximum atomic E-state index is 12.3. The van der Waals surface area contributed by atoms with Gasteiger partial charge in [0.05, 0.1) is 12.3 Å². The molecule has 2 heterocycles. The van der Waals surface area contributed by atoms with E-state index in [1.807, 2.05) is 29.1 Å². The Labute approximate surface area is 192 Å². The Morgan fingerprint density at radius 1 is 1.21 bits per heavy atom. The number of nitrogens with zero attached hydrogens (tertiary/aromatic N) is 3. The van der Waals surface area contributed by atoms with Crippen molar-refractivity contribution >= 4 is 28.9 Å². The fourth-order valence-electron chi connectivity index (χ4n) is 3.32. The third-order valence-corrected chi connectivity index (χ3v) is 5.24. The van der Waals surface area contributed by atoms with Crippen LogP contribution in [-0.4, -0.2) is 39.8 Å². The van der Waals surface area contributed by atoms with E-state index < -0.39 is 18.6 Å². The van der Waals surface area contributed by atoms with Gasteiger partial charge in [-0.3, -0.25) is 4.79 Å². The summed E-state index contributed by atoms with van der Waals surface area (Å²) in [6, 6.07) is 10.3. The number of anilines is 3. The molecule has 7 N–H and O–H groups in total. The molecular weight excluding hydrogens is 422 g/mol. The average molecular weight is 452 g/mol. The summed E-state index contributed by atoms with van der Waals surface area (Å²) in [6.07, 6.45) is 5.54. The predicted octanol–water partition coefficient (Wildman–Crippen LogP) is 2.85. The maximum Gasteiger partial charge on any atom is 0.243 e. The van der Waals surface area contributed by atoms with E-state index in [1.54, 1.807) is 6.07 Å². The van der Waals surface area contributed by atoms with Crippen molar-refractivity contribution in [2.75, 3.05) is 29.5 Å². The molecule has 10 nitrogen and oxygen atoms in total. The summed E-state index contributed by atoms with van der Waals surface area (Å²) < 4.78 is 1.99. The van der Waals surface area contributed by atoms with Crippen LogP contribution in [-0.2, 0) is 17.8 Å². The smallest absolute Gasteiger partial charge is 0.243 e. The van der Waals surface area contributed by atoms with Crippen LogP contribution in [0.1, 0.15) is 18.9 Å². The zero-order valence-electron chi connectivity index (χ0n) is 18.5. The molecule has 33 heavy (non-hydrogen) atoms. The van der Waals surface area contributed by atoms with Gasteiger partial charge < -0.3 is 31.8 Å². The molecule has 1 amide bonds. The second-order valence-corrected chi connectivity index (χ2v) is 7.62. The molecule has 10 heteroatoms. The van der Waals surface area contributed by atoms with Crippen LogP contribution < -0.4 is 22.1 Å². The number of benzene rings is 1. The van der Waals surface area contributed by atoms with Crippen LogP contribution in [0.2, 0.25) is 0 Å². The van der Waals surface area contributed by atoms with Crippen LogP contribution >= 0.6 is 0 Å². The van der Waals surface area contributed by atoms with Crippen molar-refractivity contribution in [3.8, 4) is 11.1 Å². The Morgan fingerprint density at radius 2 is 1.97 bits per heavy atom. The van der Waals surface area contributed by atoms with Crippen molar-refractivity contribution in [3.05, 3.63) is 59.3 Å². The molecule has 0 saturated heterocycles. The Hall–Kier alpha value is -3.76. The van der Waals surface area contributed by atoms with Crippen LogP contribution in [0.5, 0.6) is 0 Å². The molecule has 1 aromatic carbocycles. The van der Waals surface area contributed by atoms with Gasteiger partial charge in [-0.15, -0.1) is 4.91 Å². The lowest BCUT2D eigenvalue weighted by molar-refractivity contribution is -0.118. The lowest BCUT2D eigenvalue weighted by Gasteiger charge is -2.10. The summed E-state index contributed by atoms with van der Waals surface area (Å²) in [4.78, 5) is 27.0. The second kappa shape index (κ2) is 11.2. The molecule has 0 bridgehead atoms. The Kier molecular flexibility index (Phi) is 8.11. The number of aromatic nitrogens is 2. The van der Waals surface area contributed by atoms with E-state index in [9.17, 15) is 14.8 Å². The zero-order valence-corrected chi connectivity index (χ0v) is 18.5. The molecule has 0 fully saturated rings. The monoisotopic (exact) mass is 451 g/mol. The highest BCUT2D eigenvalue weighted by Gasteiger charge is 2.16. The highest BCUT2D eigenvalue weighted by atomic mass is 16.3. The molecule has 0 spiro atoms. The molecule has 1 atom stereocenters. The molecule has 0 aliphatic carbocycles. The molecule has 174 valence electrons. The molecule has 3 aromatic rings. The van der Waals surface area contributed by atoms with Crippen LogP contribution in [0.4, 0.5) is 23.0 Å². The van der Waals surface area contributed by atoms with Gasteiger partial charge in [0.1, 0.15) is 17.5 Å². The third kappa shape index (κ3) is 6.15. The number of aliphatic hydroxyl groups excluding tert-OH is 1. The number of hydrogen-bond acceptors (Lipinski definition) is 8. The highest BCUT2D eigenvalue weighted by molar-refractivity contribution is 5.98. The Balaban J connectivity index is 1.70. The maximum absolute atomic E-state index is 12.3. The van der Waals surface area contributed by atoms with Gasteiger partial charge in [-0.1, -0.05) is 31.2 Å². The number of amides is 1. The number of aliphatic hydroxyl groups is 1. The van der Waals surface area contributed by atoms with Gasteiger partial charge >= 0.3 is 0 Å². The van der Waals surface area contributed by atoms with Crippen molar-refractivity contribution in [1.29, 1.82) is 0 Å². The zero-order chi connectivity index (χ0) is 23.8. The Bertz CT molecular complexity index is 1100. The number of nitrogens with one attached hydrogen (secondary N) is 2. The minimum absolute atomic E-state index is 0.0839. The summed E-state index contributed by atoms with van der Waals surface area (Å²) >= 11 is 0. The van der Waals surface area contributed by atoms with Gasteiger partial charge in [0, 0.05) is 31.0 Å². The van der Waals surface area contributed by atoms with Gasteiger partial charge in [-0.25, -0.2) is 4.98 Å². The number of nitrogen functional groups attached to an aromatic ring is 1. The van der Waals surface area contributed by atoms with Crippen molar-refractivity contribution in [2.45, 2.75) is 32.4 Å². The van der Waals surface area contributed by atoms with Gasteiger partial charge in [-0.2, -0.15) is 0 Å². The SMILES string of the molecule is CCc1ccc(-c2cn(CCCNc3ccc(N=O)c(N)n3)cc2NC(=O)C(N)CO)cc1. The van der Waals surface area contributed by atoms with Crippen LogP contribution in [0.15, 0.2) is 54.0 Å². The van der Waals surface area contributed by atoms with Crippen molar-refractivity contribution < 1.29 is 9.90 Å². The summed E-state index contributed by atoms with van der Waals surface area (Å²) in [5.41, 5.74) is 15.2. The fraction of sp³-hybridized carbons (Fsp3) is 0.304. The van der Waals surface area contributed by atoms with E-state index in [2.05, 4.69) is 39.9 Å². The normalized spacial score (nSPS) is 11.7. The second-order valence-electron chi connectivity index (χ2n) is 7.62. The van der Waals surface area contributed by atoms with E-state index in [1.165, 1.54) is 11.6 Å². The molecule has 0 aliphatic rings. The van der Waals surface area contributed by atoms with E-state index >= 15 is 0 Å². The third-order valence-electron chi connectivity index (χ3n) is 5.24. The van der Waals surface area contributed by atoms with Gasteiger partial charge in [-0.05, 0) is 41.3 Å². The highest BCUT2D eigenvalue weighted by Crippen LogP contribution is 2.30. The minimum Gasteiger partial charge on any atom is -0.394 e. The first-order chi connectivity index (χ1) is 15.9. The van der Waals surface area contributed by atoms with Crippen LogP contribution in [0.3, 0.4) is 0 Å². The number of aryl methyl sites for hydroxylation is 2. The summed E-state index contributed by atoms with van der Waals surface area (Å²) in [5, 5.41) is 18.0. The van der Waals surface area contributed by atoms with E-state index in [0.29, 0.717) is 24.6 Å². The standard InChI is InChI=1S/C23H29N7O3/c1-2-15-4-6-16(7-5-15)17-12-30(13-20(17)27-23(32)18(24)14-31)11-3-10-26-21-9-8-19(29-33)22(25)28-21/h4-9,12-13,18,31H,2-3,10-11,14,24H2,1H3,(H,27,32)(H3,25,26,28). The van der Waals surface area contributed by atoms with Crippen LogP contribution in [0, 0.1) is 4.91 Å². The first kappa shape index (κ1) is 23.9. The molecular formula is C23H29N7O3. The number of carbonyl (C=O) groups excluding carboxylic acids is 1. The van der Waals surface area contributed by atoms with Crippen molar-refractivity contribution in [1.82, 2.24) is 9.55 Å². The first-order valence-electron chi connectivity index (χ1n) is 10.7. The lowest BCUT2D eigenvalue weighted by Crippen LogP contribution is -2.38. The minimum atomic E-state index is -0.992. The number of rotatable bonds is 11. The lowest BCUT2D eigenvalue weighted by atomic mass is 10.0. The average Bonchev–Trinajstić information content (AvgIpc) is 3.23. The first-order valence-corrected chi connectivity index (χ1v) is 10.7. The molecule has 0 saturated carbocycles. The van der Waals surface area contributed by atoms with E-state index in [0.717, 1.165) is 24.0 Å². The molecule has 2 aromatic heterocycles. The number of nitrogens with two attached hydrogens (primary N) is 2. The number of nitroso groups, excluding NO2 is 1. The van der Waals surface area contributed by atoms with Gasteiger partial charge in [0.15, 0.2) is 5.82 Å². The molecule has 0 radical (unpaired) electrons. The molecule has 0 aliphatic heterocycles. The van der Waals surface area contributed by atoms with Gasteiger partial charge in [0.25, 0.3) is 0 Å². The topological polar surface area (TPSA) is 161 Å². The fourth-order valence-corrected chi connectivity index (χ4v) is 3.32. The quantitative estimate of drug-likeness (QED) is 0.221. The number of hydrogen-bond donors (Lipinski definition) is 5. The van der Waals surface area contributed by atoms with E-state index in [4.69, 9.17) is 11.5 Å². The summed E-state index contributed by atoms with van der Waals surface area (Å²) in [5.74, 6) is 0.205. The Morgan fingerprint density at radius 3 is 2.61 bits per heavy atom. The van der Waals surface area contributed by atoms with Crippen molar-refractivity contribution in [3.63, 3.8) is 0 Å². The van der Waals surface area contributed by atoms with Gasteiger partial charge in [0.2, 0.25) is 5.91 Å². The molecule has 1 unspecified atom stereocenters. The van der Waals surface area contributed by atoms with E-state index in [-0.39, 0.29) is 11.5 Å². The molecule has 3 rings (SSSR count).